The quantitative estimate of drug-likeness (QED) is 0.269. The van der Waals surface area contributed by atoms with Crippen LogP contribution in [0.25, 0.3) is 0 Å². The molecule has 0 unspecified atom stereocenters. The molecule has 9 heteroatoms. The van der Waals surface area contributed by atoms with Crippen molar-refractivity contribution < 1.29 is 23.1 Å². The number of carbonyl (C=O) groups is 1. The number of hydrogen-bond donors (Lipinski definition) is 1. The molecular weight excluding hydrogens is 430 g/mol. The van der Waals surface area contributed by atoms with Crippen molar-refractivity contribution in [2.75, 3.05) is 38.0 Å². The highest BCUT2D eigenvalue weighted by Crippen LogP contribution is 2.23. The zero-order valence-corrected chi connectivity index (χ0v) is 19.4. The first-order chi connectivity index (χ1) is 15.4. The number of sulfone groups is 1. The molecule has 2 aromatic rings. The first-order valence-corrected chi connectivity index (χ1v) is 12.2. The van der Waals surface area contributed by atoms with Gasteiger partial charge < -0.3 is 14.7 Å². The van der Waals surface area contributed by atoms with Crippen LogP contribution in [0.4, 0.5) is 17.1 Å². The van der Waals surface area contributed by atoms with Gasteiger partial charge in [-0.1, -0.05) is 12.8 Å². The summed E-state index contributed by atoms with van der Waals surface area (Å²) in [6.07, 6.45) is 3.89. The number of methoxy groups -OCH3 is 1. The number of nitrogens with zero attached hydrogens (tertiary/aromatic N) is 3. The minimum Gasteiger partial charge on any atom is -0.469 e. The van der Waals surface area contributed by atoms with Gasteiger partial charge in [0.1, 0.15) is 0 Å². The Kier molecular flexibility index (Phi) is 10.3. The fourth-order valence-corrected chi connectivity index (χ4v) is 4.21. The van der Waals surface area contributed by atoms with Crippen LogP contribution in [0.3, 0.4) is 0 Å². The number of benzene rings is 2. The monoisotopic (exact) mass is 461 g/mol. The summed E-state index contributed by atoms with van der Waals surface area (Å²) in [7, 11) is -0.292. The Labute approximate surface area is 189 Å². The zero-order chi connectivity index (χ0) is 23.4. The van der Waals surface area contributed by atoms with Crippen molar-refractivity contribution in [2.24, 2.45) is 10.2 Å². The van der Waals surface area contributed by atoms with E-state index in [1.54, 1.807) is 12.1 Å². The van der Waals surface area contributed by atoms with E-state index in [9.17, 15) is 13.2 Å². The highest BCUT2D eigenvalue weighted by molar-refractivity contribution is 7.91. The molecule has 0 saturated heterocycles. The van der Waals surface area contributed by atoms with Crippen LogP contribution in [0.15, 0.2) is 63.7 Å². The third kappa shape index (κ3) is 8.39. The number of azo groups is 1. The van der Waals surface area contributed by atoms with Crippen LogP contribution in [-0.4, -0.2) is 52.6 Å². The number of aliphatic hydroxyl groups excluding tert-OH is 1. The Morgan fingerprint density at radius 1 is 0.938 bits per heavy atom. The van der Waals surface area contributed by atoms with Gasteiger partial charge >= 0.3 is 5.97 Å². The summed E-state index contributed by atoms with van der Waals surface area (Å²) in [5.41, 5.74) is 2.31. The number of rotatable bonds is 13. The Morgan fingerprint density at radius 3 is 2.06 bits per heavy atom. The lowest BCUT2D eigenvalue weighted by molar-refractivity contribution is -0.140. The van der Waals surface area contributed by atoms with E-state index in [1.165, 1.54) is 19.2 Å². The lowest BCUT2D eigenvalue weighted by Crippen LogP contribution is -2.18. The van der Waals surface area contributed by atoms with Crippen LogP contribution < -0.4 is 4.90 Å². The lowest BCUT2D eigenvalue weighted by Gasteiger charge is -2.19. The van der Waals surface area contributed by atoms with Crippen molar-refractivity contribution in [1.29, 1.82) is 0 Å². The average molecular weight is 462 g/mol. The number of unbranched alkanes of at least 4 members (excludes halogenated alkanes) is 3. The molecule has 0 radical (unpaired) electrons. The molecule has 0 aliphatic rings. The van der Waals surface area contributed by atoms with Crippen molar-refractivity contribution in [2.45, 2.75) is 37.0 Å². The average Bonchev–Trinajstić information content (AvgIpc) is 2.81. The molecule has 0 aliphatic heterocycles. The summed E-state index contributed by atoms with van der Waals surface area (Å²) < 4.78 is 29.0. The molecule has 174 valence electrons. The van der Waals surface area contributed by atoms with Gasteiger partial charge in [0.2, 0.25) is 0 Å². The van der Waals surface area contributed by atoms with Gasteiger partial charge in [0.25, 0.3) is 0 Å². The van der Waals surface area contributed by atoms with Crippen LogP contribution in [0, 0.1) is 0 Å². The van der Waals surface area contributed by atoms with Crippen molar-refractivity contribution in [1.82, 2.24) is 0 Å². The molecule has 2 aromatic carbocycles. The van der Waals surface area contributed by atoms with Crippen LogP contribution in [-0.2, 0) is 19.4 Å². The molecular formula is C23H31N3O5S. The van der Waals surface area contributed by atoms with Crippen LogP contribution in [0.1, 0.15) is 32.1 Å². The highest BCUT2D eigenvalue weighted by atomic mass is 32.2. The predicted octanol–water partition coefficient (Wildman–Crippen LogP) is 4.43. The van der Waals surface area contributed by atoms with E-state index in [-0.39, 0.29) is 23.7 Å². The lowest BCUT2D eigenvalue weighted by atomic mass is 10.2. The van der Waals surface area contributed by atoms with Gasteiger partial charge in [0.15, 0.2) is 9.84 Å². The first-order valence-electron chi connectivity index (χ1n) is 10.6. The van der Waals surface area contributed by atoms with Gasteiger partial charge in [-0.25, -0.2) is 8.42 Å². The summed E-state index contributed by atoms with van der Waals surface area (Å²) in [4.78, 5) is 13.5. The van der Waals surface area contributed by atoms with E-state index < -0.39 is 15.8 Å². The summed E-state index contributed by atoms with van der Waals surface area (Å²) in [5.74, 6) is -0.862. The Morgan fingerprint density at radius 2 is 1.50 bits per heavy atom. The summed E-state index contributed by atoms with van der Waals surface area (Å²) >= 11 is 0. The zero-order valence-electron chi connectivity index (χ0n) is 18.6. The molecule has 0 bridgehead atoms. The number of esters is 1. The SMILES string of the molecule is COC(=O)CCS(=O)(=O)c1ccc(/N=N/c2ccc(N(C)CCCCCCO)cc2)cc1. The summed E-state index contributed by atoms with van der Waals surface area (Å²) in [6.45, 7) is 1.20. The molecule has 1 N–H and O–H groups in total. The maximum atomic E-state index is 12.3. The second-order valence-corrected chi connectivity index (χ2v) is 9.52. The number of ether oxygens (including phenoxy) is 1. The molecule has 32 heavy (non-hydrogen) atoms. The van der Waals surface area contributed by atoms with E-state index in [4.69, 9.17) is 5.11 Å². The number of carbonyl (C=O) groups excluding carboxylic acids is 1. The van der Waals surface area contributed by atoms with E-state index in [2.05, 4.69) is 19.9 Å². The second kappa shape index (κ2) is 12.9. The van der Waals surface area contributed by atoms with E-state index in [1.807, 2.05) is 31.3 Å². The molecule has 0 spiro atoms. The maximum absolute atomic E-state index is 12.3. The smallest absolute Gasteiger partial charge is 0.306 e. The van der Waals surface area contributed by atoms with Gasteiger partial charge in [-0.3, -0.25) is 4.79 Å². The minimum atomic E-state index is -3.56. The second-order valence-electron chi connectivity index (χ2n) is 7.41. The Hall–Kier alpha value is -2.78. The topological polar surface area (TPSA) is 109 Å². The molecule has 0 amide bonds. The molecule has 0 saturated carbocycles. The van der Waals surface area contributed by atoms with Crippen LogP contribution in [0.5, 0.6) is 0 Å². The third-order valence-corrected chi connectivity index (χ3v) is 6.70. The molecule has 0 atom stereocenters. The predicted molar refractivity (Wildman–Crippen MR) is 125 cm³/mol. The summed E-state index contributed by atoms with van der Waals surface area (Å²) in [5, 5.41) is 17.2. The van der Waals surface area contributed by atoms with Gasteiger partial charge in [-0.05, 0) is 61.4 Å². The fourth-order valence-electron chi connectivity index (χ4n) is 2.99. The van der Waals surface area contributed by atoms with Crippen molar-refractivity contribution >= 4 is 32.9 Å². The molecule has 0 fully saturated rings. The molecule has 8 nitrogen and oxygen atoms in total. The molecule has 2 rings (SSSR count). The maximum Gasteiger partial charge on any atom is 0.306 e. The number of aliphatic hydroxyl groups is 1. The van der Waals surface area contributed by atoms with E-state index in [0.29, 0.717) is 11.4 Å². The third-order valence-electron chi connectivity index (χ3n) is 4.97. The Bertz CT molecular complexity index is 974. The van der Waals surface area contributed by atoms with Crippen molar-refractivity contribution in [3.05, 3.63) is 48.5 Å². The standard InChI is InChI=1S/C23H31N3O5S/c1-26(16-5-3-4-6-17-27)21-11-7-19(8-12-21)24-25-20-9-13-22(14-10-20)32(29,30)18-15-23(28)31-2/h7-14,27H,3-6,15-18H2,1-2H3/b25-24+. The van der Waals surface area contributed by atoms with Gasteiger partial charge in [0, 0.05) is 25.9 Å². The van der Waals surface area contributed by atoms with Crippen LogP contribution in [0.2, 0.25) is 0 Å². The minimum absolute atomic E-state index is 0.129. The van der Waals surface area contributed by atoms with Crippen LogP contribution >= 0.6 is 0 Å². The van der Waals surface area contributed by atoms with Gasteiger partial charge in [0.05, 0.1) is 35.6 Å². The normalized spacial score (nSPS) is 11.6. The number of hydrogen-bond acceptors (Lipinski definition) is 8. The summed E-state index contributed by atoms with van der Waals surface area (Å²) in [6, 6.07) is 13.8. The molecule has 0 aromatic heterocycles. The fraction of sp³-hybridized carbons (Fsp3) is 0.435. The van der Waals surface area contributed by atoms with Crippen molar-refractivity contribution in [3.63, 3.8) is 0 Å². The molecule has 0 aliphatic carbocycles. The van der Waals surface area contributed by atoms with Crippen molar-refractivity contribution in [3.8, 4) is 0 Å². The van der Waals surface area contributed by atoms with E-state index >= 15 is 0 Å². The Balaban J connectivity index is 1.90. The van der Waals surface area contributed by atoms with Gasteiger partial charge in [-0.2, -0.15) is 10.2 Å². The first kappa shape index (κ1) is 25.5. The molecule has 0 heterocycles. The highest BCUT2D eigenvalue weighted by Gasteiger charge is 2.16. The van der Waals surface area contributed by atoms with Gasteiger partial charge in [-0.15, -0.1) is 0 Å². The largest absolute Gasteiger partial charge is 0.469 e. The number of anilines is 1. The van der Waals surface area contributed by atoms with E-state index in [0.717, 1.165) is 37.9 Å².